The number of unbranched alkanes of at least 4 members (excludes halogenated alkanes) is 22. The molecule has 1 amide bonds. The number of nitrogens with one attached hydrogen (secondary N) is 2. The van der Waals surface area contributed by atoms with Gasteiger partial charge in [0.2, 0.25) is 0 Å². The van der Waals surface area contributed by atoms with Gasteiger partial charge in [-0.3, -0.25) is 4.79 Å². The lowest BCUT2D eigenvalue weighted by atomic mass is 9.87. The van der Waals surface area contributed by atoms with Crippen LogP contribution >= 0.6 is 12.4 Å². The van der Waals surface area contributed by atoms with Crippen LogP contribution in [0.4, 0.5) is 0 Å². The summed E-state index contributed by atoms with van der Waals surface area (Å²) >= 11 is 0. The Morgan fingerprint density at radius 3 is 1.63 bits per heavy atom. The van der Waals surface area contributed by atoms with Gasteiger partial charge in [0.05, 0.1) is 12.7 Å². The van der Waals surface area contributed by atoms with Gasteiger partial charge >= 0.3 is 0 Å². The first-order valence-electron chi connectivity index (χ1n) is 21.0. The Labute approximate surface area is 310 Å². The van der Waals surface area contributed by atoms with E-state index in [1.807, 2.05) is 12.1 Å². The molecular formula is C43H79ClN2O3. The number of ether oxygens (including phenoxy) is 2. The minimum absolute atomic E-state index is 0. The number of piperidine rings is 1. The molecule has 1 fully saturated rings. The van der Waals surface area contributed by atoms with E-state index >= 15 is 0 Å². The number of hydrogen-bond donors (Lipinski definition) is 2. The van der Waals surface area contributed by atoms with Crippen LogP contribution in [0.2, 0.25) is 0 Å². The van der Waals surface area contributed by atoms with E-state index in [2.05, 4.69) is 36.6 Å². The maximum atomic E-state index is 13.4. The number of benzene rings is 1. The van der Waals surface area contributed by atoms with Gasteiger partial charge in [-0.25, -0.2) is 0 Å². The van der Waals surface area contributed by atoms with Crippen molar-refractivity contribution in [3.63, 3.8) is 0 Å². The summed E-state index contributed by atoms with van der Waals surface area (Å²) in [5, 5.41) is 6.66. The Balaban J connectivity index is 0.0000120. The third-order valence-corrected chi connectivity index (χ3v) is 10.3. The van der Waals surface area contributed by atoms with Gasteiger partial charge in [0.25, 0.3) is 5.91 Å². The molecule has 0 aliphatic carbocycles. The second kappa shape index (κ2) is 34.0. The SMILES string of the molecule is CCCCCCCCCCCCCCOCC(CNC(=O)c1ccccc1C1CCNCC1)OCCCCCCCCCCCCCC.Cl. The highest BCUT2D eigenvalue weighted by Crippen LogP contribution is 2.28. The number of carbonyl (C=O) groups is 1. The predicted molar refractivity (Wildman–Crippen MR) is 214 cm³/mol. The fourth-order valence-corrected chi connectivity index (χ4v) is 7.11. The van der Waals surface area contributed by atoms with Crippen LogP contribution < -0.4 is 10.6 Å². The molecule has 2 rings (SSSR count). The molecule has 1 atom stereocenters. The molecular weight excluding hydrogens is 628 g/mol. The van der Waals surface area contributed by atoms with Crippen LogP contribution in [0.15, 0.2) is 24.3 Å². The maximum Gasteiger partial charge on any atom is 0.251 e. The molecule has 1 aromatic carbocycles. The van der Waals surface area contributed by atoms with Crippen LogP contribution in [0.3, 0.4) is 0 Å². The smallest absolute Gasteiger partial charge is 0.251 e. The molecule has 6 heteroatoms. The van der Waals surface area contributed by atoms with Crippen molar-refractivity contribution in [2.45, 2.75) is 193 Å². The largest absolute Gasteiger partial charge is 0.379 e. The first kappa shape index (κ1) is 45.9. The lowest BCUT2D eigenvalue weighted by molar-refractivity contribution is -0.0170. The van der Waals surface area contributed by atoms with E-state index in [0.717, 1.165) is 57.6 Å². The lowest BCUT2D eigenvalue weighted by Gasteiger charge is -2.25. The number of hydrogen-bond acceptors (Lipinski definition) is 4. The third kappa shape index (κ3) is 24.6. The van der Waals surface area contributed by atoms with E-state index in [1.54, 1.807) is 0 Å². The lowest BCUT2D eigenvalue weighted by Crippen LogP contribution is -2.37. The predicted octanol–water partition coefficient (Wildman–Crippen LogP) is 12.1. The van der Waals surface area contributed by atoms with E-state index < -0.39 is 0 Å². The van der Waals surface area contributed by atoms with Crippen molar-refractivity contribution in [2.24, 2.45) is 0 Å². The molecule has 0 bridgehead atoms. The van der Waals surface area contributed by atoms with Crippen LogP contribution in [0, 0.1) is 0 Å². The highest BCUT2D eigenvalue weighted by Gasteiger charge is 2.21. The second-order valence-electron chi connectivity index (χ2n) is 14.7. The second-order valence-corrected chi connectivity index (χ2v) is 14.7. The number of amides is 1. The molecule has 0 radical (unpaired) electrons. The zero-order valence-corrected chi connectivity index (χ0v) is 33.0. The monoisotopic (exact) mass is 707 g/mol. The Morgan fingerprint density at radius 2 is 1.12 bits per heavy atom. The Kier molecular flexibility index (Phi) is 31.8. The molecule has 286 valence electrons. The van der Waals surface area contributed by atoms with E-state index in [4.69, 9.17) is 9.47 Å². The highest BCUT2D eigenvalue weighted by molar-refractivity contribution is 5.95. The molecule has 1 unspecified atom stereocenters. The van der Waals surface area contributed by atoms with Crippen LogP contribution in [0.25, 0.3) is 0 Å². The van der Waals surface area contributed by atoms with Gasteiger partial charge in [0.1, 0.15) is 0 Å². The van der Waals surface area contributed by atoms with Gasteiger partial charge in [-0.2, -0.15) is 0 Å². The summed E-state index contributed by atoms with van der Waals surface area (Å²) in [6.07, 6.45) is 34.3. The molecule has 1 aromatic rings. The number of rotatable bonds is 33. The minimum Gasteiger partial charge on any atom is -0.379 e. The summed E-state index contributed by atoms with van der Waals surface area (Å²) in [5.74, 6) is 0.467. The molecule has 0 saturated carbocycles. The number of halogens is 1. The van der Waals surface area contributed by atoms with Gasteiger partial charge < -0.3 is 20.1 Å². The summed E-state index contributed by atoms with van der Waals surface area (Å²) in [6, 6.07) is 8.18. The first-order chi connectivity index (χ1) is 23.8. The summed E-state index contributed by atoms with van der Waals surface area (Å²) in [7, 11) is 0. The summed E-state index contributed by atoms with van der Waals surface area (Å²) < 4.78 is 12.5. The molecule has 5 nitrogen and oxygen atoms in total. The molecule has 49 heavy (non-hydrogen) atoms. The van der Waals surface area contributed by atoms with Crippen LogP contribution in [-0.4, -0.2) is 51.5 Å². The minimum atomic E-state index is -0.106. The molecule has 1 aliphatic heterocycles. The van der Waals surface area contributed by atoms with Crippen molar-refractivity contribution in [1.82, 2.24) is 10.6 Å². The van der Waals surface area contributed by atoms with Crippen molar-refractivity contribution < 1.29 is 14.3 Å². The third-order valence-electron chi connectivity index (χ3n) is 10.3. The Morgan fingerprint density at radius 1 is 0.673 bits per heavy atom. The van der Waals surface area contributed by atoms with Gasteiger partial charge in [-0.1, -0.05) is 173 Å². The van der Waals surface area contributed by atoms with Crippen molar-refractivity contribution in [3.8, 4) is 0 Å². The molecule has 0 spiro atoms. The van der Waals surface area contributed by atoms with E-state index in [1.165, 1.54) is 147 Å². The summed E-state index contributed by atoms with van der Waals surface area (Å²) in [5.41, 5.74) is 2.01. The average molecular weight is 708 g/mol. The average Bonchev–Trinajstić information content (AvgIpc) is 3.12. The van der Waals surface area contributed by atoms with Gasteiger partial charge in [0, 0.05) is 25.3 Å². The Bertz CT molecular complexity index is 863. The van der Waals surface area contributed by atoms with Crippen LogP contribution in [-0.2, 0) is 9.47 Å². The van der Waals surface area contributed by atoms with Crippen molar-refractivity contribution in [1.29, 1.82) is 0 Å². The topological polar surface area (TPSA) is 59.6 Å². The molecule has 2 N–H and O–H groups in total. The maximum absolute atomic E-state index is 13.4. The van der Waals surface area contributed by atoms with Crippen molar-refractivity contribution >= 4 is 18.3 Å². The summed E-state index contributed by atoms with van der Waals surface area (Å²) in [6.45, 7) is 9.18. The van der Waals surface area contributed by atoms with Gasteiger partial charge in [0.15, 0.2) is 0 Å². The van der Waals surface area contributed by atoms with Crippen molar-refractivity contribution in [3.05, 3.63) is 35.4 Å². The van der Waals surface area contributed by atoms with Gasteiger partial charge in [-0.05, 0) is 56.3 Å². The quantitative estimate of drug-likeness (QED) is 0.0714. The normalized spacial score (nSPS) is 14.1. The first-order valence-corrected chi connectivity index (χ1v) is 21.0. The van der Waals surface area contributed by atoms with Crippen molar-refractivity contribution in [2.75, 3.05) is 39.5 Å². The fraction of sp³-hybridized carbons (Fsp3) is 0.837. The van der Waals surface area contributed by atoms with Crippen LogP contribution in [0.1, 0.15) is 203 Å². The zero-order valence-electron chi connectivity index (χ0n) is 32.2. The van der Waals surface area contributed by atoms with E-state index in [-0.39, 0.29) is 24.4 Å². The molecule has 1 saturated heterocycles. The molecule has 1 heterocycles. The summed E-state index contributed by atoms with van der Waals surface area (Å²) in [4.78, 5) is 13.4. The highest BCUT2D eigenvalue weighted by atomic mass is 35.5. The van der Waals surface area contributed by atoms with E-state index in [0.29, 0.717) is 19.1 Å². The van der Waals surface area contributed by atoms with E-state index in [9.17, 15) is 4.79 Å². The zero-order chi connectivity index (χ0) is 34.2. The van der Waals surface area contributed by atoms with Crippen LogP contribution in [0.5, 0.6) is 0 Å². The standard InChI is InChI=1S/C43H78N2O3.ClH/c1-3-5-7-9-11-13-15-17-19-21-23-27-35-47-38-40(48-36-28-24-22-20-18-16-14-12-10-8-6-4-2)37-45-43(46)42-30-26-25-29-41(42)39-31-33-44-34-32-39;/h25-26,29-30,39-40,44H,3-24,27-28,31-38H2,1-2H3,(H,45,46);1H. The molecule has 0 aromatic heterocycles. The molecule has 1 aliphatic rings. The number of carbonyl (C=O) groups excluding carboxylic acids is 1. The Hall–Kier alpha value is -1.14. The van der Waals surface area contributed by atoms with Gasteiger partial charge in [-0.15, -0.1) is 12.4 Å². The fourth-order valence-electron chi connectivity index (χ4n) is 7.11.